The lowest BCUT2D eigenvalue weighted by Gasteiger charge is -2.21. The number of halogens is 6. The van der Waals surface area contributed by atoms with Gasteiger partial charge in [0.2, 0.25) is 5.82 Å². The van der Waals surface area contributed by atoms with E-state index in [0.717, 1.165) is 5.56 Å². The molecule has 0 amide bonds. The molecule has 0 bridgehead atoms. The smallest absolute Gasteiger partial charge is 0.389 e. The number of benzene rings is 1. The molecule has 40 heavy (non-hydrogen) atoms. The van der Waals surface area contributed by atoms with Crippen LogP contribution in [0.4, 0.5) is 32.2 Å². The predicted molar refractivity (Wildman–Crippen MR) is 134 cm³/mol. The fourth-order valence-electron chi connectivity index (χ4n) is 3.64. The predicted octanol–water partition coefficient (Wildman–Crippen LogP) is 4.77. The number of hydrogen-bond donors (Lipinski definition) is 2. The molecule has 0 unspecified atom stereocenters. The Balaban J connectivity index is 2.05. The van der Waals surface area contributed by atoms with Gasteiger partial charge < -0.3 is 15.2 Å². The van der Waals surface area contributed by atoms with Crippen LogP contribution in [0.5, 0.6) is 5.75 Å². The zero-order valence-corrected chi connectivity index (χ0v) is 22.1. The highest BCUT2D eigenvalue weighted by Crippen LogP contribution is 2.23. The van der Waals surface area contributed by atoms with Crippen LogP contribution in [-0.2, 0) is 24.3 Å². The lowest BCUT2D eigenvalue weighted by molar-refractivity contribution is -0.152. The first kappa shape index (κ1) is 32.7. The number of carboxylic acid groups (broad SMARTS) is 1. The number of carboxylic acids is 1. The molecule has 0 aliphatic heterocycles. The molecule has 1 aromatic heterocycles. The first-order valence-electron chi connectivity index (χ1n) is 12.6. The summed E-state index contributed by atoms with van der Waals surface area (Å²) in [5.41, 5.74) is -2.58. The van der Waals surface area contributed by atoms with E-state index in [-0.39, 0.29) is 12.4 Å². The van der Waals surface area contributed by atoms with Gasteiger partial charge in [0.15, 0.2) is 5.60 Å². The third kappa shape index (κ3) is 10.9. The molecule has 2 aromatic rings. The third-order valence-electron chi connectivity index (χ3n) is 5.76. The molecule has 0 spiro atoms. The van der Waals surface area contributed by atoms with Gasteiger partial charge in [-0.2, -0.15) is 26.3 Å². The van der Waals surface area contributed by atoms with Crippen LogP contribution in [-0.4, -0.2) is 49.9 Å². The number of nitrogens with one attached hydrogen (secondary N) is 1. The number of ether oxygens (including phenoxy) is 1. The molecule has 0 saturated carbocycles. The number of anilines is 1. The number of rotatable bonds is 15. The molecule has 0 saturated heterocycles. The Hall–Kier alpha value is -3.52. The third-order valence-corrected chi connectivity index (χ3v) is 5.76. The number of alkyl halides is 6. The van der Waals surface area contributed by atoms with Crippen molar-refractivity contribution in [3.8, 4) is 5.75 Å². The van der Waals surface area contributed by atoms with Gasteiger partial charge in [0.1, 0.15) is 5.75 Å². The molecule has 0 radical (unpaired) electrons. The Morgan fingerprint density at radius 1 is 0.975 bits per heavy atom. The molecule has 15 heteroatoms. The number of aliphatic carboxylic acids is 1. The normalized spacial score (nSPS) is 12.4. The van der Waals surface area contributed by atoms with E-state index in [0.29, 0.717) is 34.3 Å². The SMILES string of the molecule is CC(C)(Oc1cccc(CCCCNc2nn(CCCC(F)(F)F)c(=O)n(CCCC(F)(F)F)c2=O)c1)C(=O)O. The Kier molecular flexibility index (Phi) is 11.2. The Labute approximate surface area is 225 Å². The van der Waals surface area contributed by atoms with E-state index in [1.54, 1.807) is 18.2 Å². The fraction of sp³-hybridized carbons (Fsp3) is 0.600. The maximum atomic E-state index is 12.7. The van der Waals surface area contributed by atoms with Crippen LogP contribution in [0.2, 0.25) is 0 Å². The van der Waals surface area contributed by atoms with Crippen molar-refractivity contribution in [2.45, 2.75) is 89.8 Å². The summed E-state index contributed by atoms with van der Waals surface area (Å²) < 4.78 is 82.0. The number of aromatic nitrogens is 3. The minimum atomic E-state index is -4.50. The van der Waals surface area contributed by atoms with Crippen molar-refractivity contribution < 1.29 is 41.0 Å². The van der Waals surface area contributed by atoms with E-state index in [1.165, 1.54) is 13.8 Å². The summed E-state index contributed by atoms with van der Waals surface area (Å²) in [5, 5.41) is 15.8. The number of carbonyl (C=O) groups is 1. The summed E-state index contributed by atoms with van der Waals surface area (Å²) in [7, 11) is 0. The maximum Gasteiger partial charge on any atom is 0.389 e. The van der Waals surface area contributed by atoms with Gasteiger partial charge in [-0.25, -0.2) is 14.3 Å². The summed E-state index contributed by atoms with van der Waals surface area (Å²) >= 11 is 0. The van der Waals surface area contributed by atoms with Gasteiger partial charge in [-0.1, -0.05) is 12.1 Å². The van der Waals surface area contributed by atoms with Gasteiger partial charge in [0.05, 0.1) is 0 Å². The number of nitrogens with zero attached hydrogens (tertiary/aromatic N) is 3. The molecule has 0 aliphatic carbocycles. The highest BCUT2D eigenvalue weighted by Gasteiger charge is 2.30. The van der Waals surface area contributed by atoms with Crippen molar-refractivity contribution in [2.75, 3.05) is 11.9 Å². The molecular formula is C25H32F6N4O5. The standard InChI is InChI=1S/C25H32F6N4O5/c1-23(2,21(37)38)40-18-10-5-9-17(16-18)8-3-4-13-32-19-20(36)34(14-6-11-24(26,27)28)22(39)35(33-19)15-7-12-25(29,30)31/h5,9-10,16H,3-4,6-8,11-15H2,1-2H3,(H,32,33)(H,37,38). The second kappa shape index (κ2) is 13.7. The molecule has 0 atom stereocenters. The zero-order chi connectivity index (χ0) is 30.1. The zero-order valence-electron chi connectivity index (χ0n) is 22.1. The molecule has 224 valence electrons. The summed E-state index contributed by atoms with van der Waals surface area (Å²) in [6.07, 6.45) is -10.8. The molecular weight excluding hydrogens is 550 g/mol. The second-order valence-electron chi connectivity index (χ2n) is 9.70. The van der Waals surface area contributed by atoms with Crippen molar-refractivity contribution >= 4 is 11.8 Å². The fourth-order valence-corrected chi connectivity index (χ4v) is 3.64. The molecule has 2 N–H and O–H groups in total. The second-order valence-corrected chi connectivity index (χ2v) is 9.70. The van der Waals surface area contributed by atoms with Crippen LogP contribution < -0.4 is 21.3 Å². The van der Waals surface area contributed by atoms with Gasteiger partial charge in [-0.3, -0.25) is 9.36 Å². The minimum absolute atomic E-state index is 0.188. The van der Waals surface area contributed by atoms with Crippen LogP contribution >= 0.6 is 0 Å². The van der Waals surface area contributed by atoms with Gasteiger partial charge in [0.25, 0.3) is 5.56 Å². The van der Waals surface area contributed by atoms with Crippen LogP contribution in [0.25, 0.3) is 0 Å². The van der Waals surface area contributed by atoms with Gasteiger partial charge in [0, 0.05) is 32.5 Å². The highest BCUT2D eigenvalue weighted by molar-refractivity contribution is 5.76. The number of unbranched alkanes of at least 4 members (excludes halogenated alkanes) is 1. The average Bonchev–Trinajstić information content (AvgIpc) is 2.82. The van der Waals surface area contributed by atoms with Crippen molar-refractivity contribution in [2.24, 2.45) is 0 Å². The minimum Gasteiger partial charge on any atom is -0.478 e. The van der Waals surface area contributed by atoms with Crippen molar-refractivity contribution in [1.82, 2.24) is 14.3 Å². The van der Waals surface area contributed by atoms with E-state index in [2.05, 4.69) is 10.4 Å². The van der Waals surface area contributed by atoms with E-state index >= 15 is 0 Å². The monoisotopic (exact) mass is 582 g/mol. The molecule has 0 aliphatic rings. The molecule has 0 fully saturated rings. The van der Waals surface area contributed by atoms with E-state index < -0.39 is 73.9 Å². The highest BCUT2D eigenvalue weighted by atomic mass is 19.4. The van der Waals surface area contributed by atoms with Gasteiger partial charge in [-0.15, -0.1) is 5.10 Å². The summed E-state index contributed by atoms with van der Waals surface area (Å²) in [5.74, 6) is -1.08. The van der Waals surface area contributed by atoms with Crippen LogP contribution in [0, 0.1) is 0 Å². The topological polar surface area (TPSA) is 115 Å². The largest absolute Gasteiger partial charge is 0.478 e. The lowest BCUT2D eigenvalue weighted by Crippen LogP contribution is -2.43. The van der Waals surface area contributed by atoms with Gasteiger partial charge >= 0.3 is 24.0 Å². The number of hydrogen-bond acceptors (Lipinski definition) is 6. The van der Waals surface area contributed by atoms with Crippen molar-refractivity contribution in [3.63, 3.8) is 0 Å². The van der Waals surface area contributed by atoms with Crippen LogP contribution in [0.1, 0.15) is 57.9 Å². The average molecular weight is 583 g/mol. The first-order valence-corrected chi connectivity index (χ1v) is 12.6. The van der Waals surface area contributed by atoms with E-state index in [4.69, 9.17) is 4.74 Å². The van der Waals surface area contributed by atoms with E-state index in [1.807, 2.05) is 6.07 Å². The molecule has 9 nitrogen and oxygen atoms in total. The molecule has 2 rings (SSSR count). The Morgan fingerprint density at radius 3 is 2.20 bits per heavy atom. The first-order chi connectivity index (χ1) is 18.5. The summed E-state index contributed by atoms with van der Waals surface area (Å²) in [4.78, 5) is 36.6. The van der Waals surface area contributed by atoms with Crippen molar-refractivity contribution in [3.05, 3.63) is 50.7 Å². The van der Waals surface area contributed by atoms with Crippen molar-refractivity contribution in [1.29, 1.82) is 0 Å². The maximum absolute atomic E-state index is 12.7. The Bertz CT molecular complexity index is 1250. The summed E-state index contributed by atoms with van der Waals surface area (Å²) in [6, 6.07) is 6.88. The molecule has 1 heterocycles. The van der Waals surface area contributed by atoms with Crippen LogP contribution in [0.15, 0.2) is 33.9 Å². The lowest BCUT2D eigenvalue weighted by atomic mass is 10.1. The van der Waals surface area contributed by atoms with Gasteiger partial charge in [-0.05, 0) is 63.6 Å². The summed E-state index contributed by atoms with van der Waals surface area (Å²) in [6.45, 7) is 2.00. The number of aryl methyl sites for hydroxylation is 2. The van der Waals surface area contributed by atoms with E-state index in [9.17, 15) is 45.8 Å². The Morgan fingerprint density at radius 2 is 1.60 bits per heavy atom. The quantitative estimate of drug-likeness (QED) is 0.230. The van der Waals surface area contributed by atoms with Crippen LogP contribution in [0.3, 0.4) is 0 Å². The molecule has 1 aromatic carbocycles.